The summed E-state index contributed by atoms with van der Waals surface area (Å²) in [5.41, 5.74) is 0.313. The van der Waals surface area contributed by atoms with Crippen LogP contribution in [0.2, 0.25) is 0 Å². The highest BCUT2D eigenvalue weighted by molar-refractivity contribution is 4.83. The number of ether oxygens (including phenoxy) is 3. The molecule has 0 atom stereocenters. The van der Waals surface area contributed by atoms with Crippen molar-refractivity contribution in [2.24, 2.45) is 5.41 Å². The first-order chi connectivity index (χ1) is 7.85. The van der Waals surface area contributed by atoms with E-state index in [0.29, 0.717) is 11.5 Å². The Morgan fingerprint density at radius 2 is 1.94 bits per heavy atom. The number of hydrogen-bond donors (Lipinski definition) is 0. The topological polar surface area (TPSA) is 27.7 Å². The van der Waals surface area contributed by atoms with Crippen LogP contribution in [0.3, 0.4) is 0 Å². The second-order valence-corrected chi connectivity index (χ2v) is 5.18. The van der Waals surface area contributed by atoms with E-state index in [0.717, 1.165) is 39.5 Å². The largest absolute Gasteiger partial charge is 0.380 e. The summed E-state index contributed by atoms with van der Waals surface area (Å²) in [7, 11) is 0. The van der Waals surface area contributed by atoms with E-state index in [1.807, 2.05) is 0 Å². The third-order valence-electron chi connectivity index (χ3n) is 3.86. The maximum atomic E-state index is 5.75. The molecule has 0 N–H and O–H groups in total. The zero-order chi connectivity index (χ0) is 11.3. The lowest BCUT2D eigenvalue weighted by atomic mass is 9.84. The molecule has 0 aromatic heterocycles. The molecule has 3 nitrogen and oxygen atoms in total. The molecule has 1 saturated carbocycles. The normalized spacial score (nSPS) is 24.6. The molecule has 0 radical (unpaired) electrons. The minimum atomic E-state index is 0.313. The first-order valence-electron chi connectivity index (χ1n) is 6.62. The lowest BCUT2D eigenvalue weighted by molar-refractivity contribution is -0.153. The van der Waals surface area contributed by atoms with Crippen LogP contribution in [0.1, 0.15) is 39.0 Å². The predicted octanol–water partition coefficient (Wildman–Crippen LogP) is 2.39. The number of rotatable bonds is 7. The molecule has 0 spiro atoms. The summed E-state index contributed by atoms with van der Waals surface area (Å²) in [6, 6.07) is 0. The Morgan fingerprint density at radius 3 is 2.50 bits per heavy atom. The highest BCUT2D eigenvalue weighted by Gasteiger charge is 2.36. The molecule has 16 heavy (non-hydrogen) atoms. The standard InChI is InChI=1S/C13H24O3/c1-2-13(10-15-11-13)9-14-7-8-16-12-5-3-4-6-12/h12H,2-11H2,1H3. The van der Waals surface area contributed by atoms with Crippen molar-refractivity contribution in [3.05, 3.63) is 0 Å². The first kappa shape index (κ1) is 12.3. The van der Waals surface area contributed by atoms with Gasteiger partial charge in [-0.05, 0) is 19.3 Å². The van der Waals surface area contributed by atoms with E-state index in [-0.39, 0.29) is 0 Å². The first-order valence-corrected chi connectivity index (χ1v) is 6.62. The fourth-order valence-corrected chi connectivity index (χ4v) is 2.40. The fraction of sp³-hybridized carbons (Fsp3) is 1.00. The zero-order valence-corrected chi connectivity index (χ0v) is 10.4. The van der Waals surface area contributed by atoms with Crippen LogP contribution in [0, 0.1) is 5.41 Å². The van der Waals surface area contributed by atoms with Crippen molar-refractivity contribution in [1.29, 1.82) is 0 Å². The summed E-state index contributed by atoms with van der Waals surface area (Å²) in [4.78, 5) is 0. The lowest BCUT2D eigenvalue weighted by Gasteiger charge is -2.40. The molecule has 94 valence electrons. The minimum Gasteiger partial charge on any atom is -0.380 e. The van der Waals surface area contributed by atoms with Crippen molar-refractivity contribution in [2.45, 2.75) is 45.1 Å². The van der Waals surface area contributed by atoms with E-state index >= 15 is 0 Å². The summed E-state index contributed by atoms with van der Waals surface area (Å²) in [6.45, 7) is 6.27. The minimum absolute atomic E-state index is 0.313. The molecule has 2 fully saturated rings. The van der Waals surface area contributed by atoms with Crippen LogP contribution in [-0.4, -0.2) is 39.1 Å². The Hall–Kier alpha value is -0.120. The van der Waals surface area contributed by atoms with E-state index < -0.39 is 0 Å². The van der Waals surface area contributed by atoms with Crippen LogP contribution in [0.4, 0.5) is 0 Å². The third-order valence-corrected chi connectivity index (χ3v) is 3.86. The second-order valence-electron chi connectivity index (χ2n) is 5.18. The molecule has 0 aromatic rings. The van der Waals surface area contributed by atoms with Gasteiger partial charge in [0.2, 0.25) is 0 Å². The molecular formula is C13H24O3. The Kier molecular flexibility index (Phi) is 4.62. The molecule has 3 heteroatoms. The van der Waals surface area contributed by atoms with Crippen LogP contribution in [-0.2, 0) is 14.2 Å². The third kappa shape index (κ3) is 3.19. The summed E-state index contributed by atoms with van der Waals surface area (Å²) in [5, 5.41) is 0. The second kappa shape index (κ2) is 5.99. The van der Waals surface area contributed by atoms with E-state index in [9.17, 15) is 0 Å². The maximum absolute atomic E-state index is 5.75. The quantitative estimate of drug-likeness (QED) is 0.626. The van der Waals surface area contributed by atoms with E-state index in [2.05, 4.69) is 6.92 Å². The van der Waals surface area contributed by atoms with Gasteiger partial charge in [-0.25, -0.2) is 0 Å². The maximum Gasteiger partial charge on any atom is 0.0704 e. The summed E-state index contributed by atoms with van der Waals surface area (Å²) in [6.07, 6.45) is 6.82. The van der Waals surface area contributed by atoms with E-state index in [1.165, 1.54) is 25.7 Å². The van der Waals surface area contributed by atoms with Crippen molar-refractivity contribution in [2.75, 3.05) is 33.0 Å². The average molecular weight is 228 g/mol. The van der Waals surface area contributed by atoms with Gasteiger partial charge in [0.1, 0.15) is 0 Å². The molecule has 0 amide bonds. The van der Waals surface area contributed by atoms with Gasteiger partial charge in [-0.1, -0.05) is 19.8 Å². The zero-order valence-electron chi connectivity index (χ0n) is 10.4. The van der Waals surface area contributed by atoms with E-state index in [1.54, 1.807) is 0 Å². The summed E-state index contributed by atoms with van der Waals surface area (Å²) < 4.78 is 16.7. The summed E-state index contributed by atoms with van der Waals surface area (Å²) in [5.74, 6) is 0. The Balaban J connectivity index is 1.48. The van der Waals surface area contributed by atoms with Crippen LogP contribution in [0.5, 0.6) is 0 Å². The van der Waals surface area contributed by atoms with Crippen LogP contribution in [0.25, 0.3) is 0 Å². The highest BCUT2D eigenvalue weighted by Crippen LogP contribution is 2.31. The lowest BCUT2D eigenvalue weighted by Crippen LogP contribution is -2.45. The van der Waals surface area contributed by atoms with Gasteiger partial charge in [0.05, 0.1) is 39.1 Å². The molecule has 1 heterocycles. The fourth-order valence-electron chi connectivity index (χ4n) is 2.40. The Bertz CT molecular complexity index is 190. The van der Waals surface area contributed by atoms with Crippen molar-refractivity contribution in [3.8, 4) is 0 Å². The monoisotopic (exact) mass is 228 g/mol. The van der Waals surface area contributed by atoms with Gasteiger partial charge < -0.3 is 14.2 Å². The van der Waals surface area contributed by atoms with Crippen molar-refractivity contribution < 1.29 is 14.2 Å². The SMILES string of the molecule is CCC1(COCCOC2CCCC2)COC1. The van der Waals surface area contributed by atoms with Crippen molar-refractivity contribution in [3.63, 3.8) is 0 Å². The molecule has 0 aromatic carbocycles. The molecule has 1 saturated heterocycles. The number of hydrogen-bond acceptors (Lipinski definition) is 3. The molecular weight excluding hydrogens is 204 g/mol. The van der Waals surface area contributed by atoms with E-state index in [4.69, 9.17) is 14.2 Å². The van der Waals surface area contributed by atoms with Crippen molar-refractivity contribution >= 4 is 0 Å². The van der Waals surface area contributed by atoms with Gasteiger partial charge in [0.25, 0.3) is 0 Å². The predicted molar refractivity (Wildman–Crippen MR) is 62.6 cm³/mol. The smallest absolute Gasteiger partial charge is 0.0704 e. The summed E-state index contributed by atoms with van der Waals surface area (Å²) >= 11 is 0. The van der Waals surface area contributed by atoms with Gasteiger partial charge >= 0.3 is 0 Å². The Morgan fingerprint density at radius 1 is 1.19 bits per heavy atom. The van der Waals surface area contributed by atoms with Gasteiger partial charge in [0, 0.05) is 5.41 Å². The van der Waals surface area contributed by atoms with Crippen LogP contribution in [0.15, 0.2) is 0 Å². The molecule has 1 aliphatic heterocycles. The Labute approximate surface area is 98.4 Å². The van der Waals surface area contributed by atoms with Crippen LogP contribution >= 0.6 is 0 Å². The molecule has 0 unspecified atom stereocenters. The van der Waals surface area contributed by atoms with Crippen molar-refractivity contribution in [1.82, 2.24) is 0 Å². The molecule has 2 aliphatic rings. The average Bonchev–Trinajstić information content (AvgIpc) is 2.74. The molecule has 0 bridgehead atoms. The van der Waals surface area contributed by atoms with Gasteiger partial charge in [-0.3, -0.25) is 0 Å². The van der Waals surface area contributed by atoms with Gasteiger partial charge in [-0.2, -0.15) is 0 Å². The van der Waals surface area contributed by atoms with Gasteiger partial charge in [0.15, 0.2) is 0 Å². The van der Waals surface area contributed by atoms with Crippen LogP contribution < -0.4 is 0 Å². The highest BCUT2D eigenvalue weighted by atomic mass is 16.5. The molecule has 2 rings (SSSR count). The van der Waals surface area contributed by atoms with Gasteiger partial charge in [-0.15, -0.1) is 0 Å². The molecule has 1 aliphatic carbocycles.